The van der Waals surface area contributed by atoms with E-state index < -0.39 is 0 Å². The van der Waals surface area contributed by atoms with E-state index in [-0.39, 0.29) is 0 Å². The molecule has 0 unspecified atom stereocenters. The molecule has 3 saturated heterocycles. The lowest BCUT2D eigenvalue weighted by atomic mass is 10.1. The van der Waals surface area contributed by atoms with Crippen LogP contribution in [0, 0.1) is 0 Å². The first-order valence-electron chi connectivity index (χ1n) is 5.90. The van der Waals surface area contributed by atoms with Crippen LogP contribution in [-0.2, 0) is 0 Å². The molecule has 3 fully saturated rings. The summed E-state index contributed by atoms with van der Waals surface area (Å²) < 4.78 is 0. The molecular formula is C10H20N4. The molecule has 14 heavy (non-hydrogen) atoms. The summed E-state index contributed by atoms with van der Waals surface area (Å²) in [5.74, 6) is 0. The molecule has 3 aliphatic heterocycles. The van der Waals surface area contributed by atoms with Crippen molar-refractivity contribution in [3.05, 3.63) is 0 Å². The smallest absolute Gasteiger partial charge is 0.0894 e. The third kappa shape index (κ3) is 1.46. The van der Waals surface area contributed by atoms with E-state index in [1.54, 1.807) is 0 Å². The maximum absolute atomic E-state index is 3.64. The monoisotopic (exact) mass is 196 g/mol. The summed E-state index contributed by atoms with van der Waals surface area (Å²) in [5, 5.41) is 7.28. The number of hydrogen-bond acceptors (Lipinski definition) is 4. The molecule has 2 N–H and O–H groups in total. The van der Waals surface area contributed by atoms with Crippen LogP contribution in [-0.4, -0.2) is 61.4 Å². The topological polar surface area (TPSA) is 30.5 Å². The first-order valence-corrected chi connectivity index (χ1v) is 5.90. The van der Waals surface area contributed by atoms with Crippen LogP contribution in [0.15, 0.2) is 0 Å². The highest BCUT2D eigenvalue weighted by molar-refractivity contribution is 4.92. The Morgan fingerprint density at radius 1 is 0.714 bits per heavy atom. The van der Waals surface area contributed by atoms with Crippen LogP contribution < -0.4 is 10.6 Å². The van der Waals surface area contributed by atoms with Crippen molar-refractivity contribution in [2.75, 3.05) is 39.3 Å². The summed E-state index contributed by atoms with van der Waals surface area (Å²) in [6.45, 7) is 7.43. The van der Waals surface area contributed by atoms with Crippen molar-refractivity contribution >= 4 is 0 Å². The van der Waals surface area contributed by atoms with Crippen LogP contribution in [0.1, 0.15) is 12.8 Å². The van der Waals surface area contributed by atoms with Crippen molar-refractivity contribution in [2.45, 2.75) is 25.2 Å². The minimum absolute atomic E-state index is 0.567. The van der Waals surface area contributed by atoms with Gasteiger partial charge in [0.2, 0.25) is 0 Å². The Kier molecular flexibility index (Phi) is 2.45. The molecule has 0 aromatic carbocycles. The van der Waals surface area contributed by atoms with Crippen molar-refractivity contribution < 1.29 is 0 Å². The summed E-state index contributed by atoms with van der Waals surface area (Å²) in [4.78, 5) is 5.20. The summed E-state index contributed by atoms with van der Waals surface area (Å²) in [6, 6.07) is 0. The largest absolute Gasteiger partial charge is 0.299 e. The molecule has 0 spiro atoms. The van der Waals surface area contributed by atoms with Gasteiger partial charge < -0.3 is 0 Å². The quantitative estimate of drug-likeness (QED) is 0.533. The molecule has 0 aromatic rings. The van der Waals surface area contributed by atoms with E-state index in [1.165, 1.54) is 52.1 Å². The number of nitrogens with one attached hydrogen (secondary N) is 2. The lowest BCUT2D eigenvalue weighted by Gasteiger charge is -2.51. The standard InChI is InChI=1S/C10H20N4/c1-3-11-9-10-12-4-2-6-14(10)8-7-13(9)5-1/h9-12H,1-8H2/t9-,10+. The van der Waals surface area contributed by atoms with E-state index >= 15 is 0 Å². The minimum Gasteiger partial charge on any atom is -0.299 e. The molecule has 0 aliphatic carbocycles. The van der Waals surface area contributed by atoms with E-state index in [4.69, 9.17) is 0 Å². The van der Waals surface area contributed by atoms with Crippen LogP contribution in [0.5, 0.6) is 0 Å². The van der Waals surface area contributed by atoms with Gasteiger partial charge >= 0.3 is 0 Å². The number of nitrogens with zero attached hydrogens (tertiary/aromatic N) is 2. The highest BCUT2D eigenvalue weighted by Gasteiger charge is 2.38. The van der Waals surface area contributed by atoms with Crippen LogP contribution >= 0.6 is 0 Å². The molecule has 2 atom stereocenters. The minimum atomic E-state index is 0.567. The fraction of sp³-hybridized carbons (Fsp3) is 1.00. The molecule has 80 valence electrons. The summed E-state index contributed by atoms with van der Waals surface area (Å²) in [6.07, 6.45) is 3.75. The maximum Gasteiger partial charge on any atom is 0.0894 e. The predicted octanol–water partition coefficient (Wildman–Crippen LogP) is -0.757. The van der Waals surface area contributed by atoms with Gasteiger partial charge in [0.05, 0.1) is 12.3 Å². The van der Waals surface area contributed by atoms with Crippen molar-refractivity contribution in [3.63, 3.8) is 0 Å². The van der Waals surface area contributed by atoms with E-state index in [9.17, 15) is 0 Å². The summed E-state index contributed by atoms with van der Waals surface area (Å²) in [7, 11) is 0. The molecule has 0 radical (unpaired) electrons. The molecular weight excluding hydrogens is 176 g/mol. The molecule has 0 saturated carbocycles. The Morgan fingerprint density at radius 3 is 1.71 bits per heavy atom. The Labute approximate surface area is 85.6 Å². The van der Waals surface area contributed by atoms with Gasteiger partial charge in [-0.15, -0.1) is 0 Å². The molecule has 4 nitrogen and oxygen atoms in total. The lowest BCUT2D eigenvalue weighted by molar-refractivity contribution is -0.0393. The van der Waals surface area contributed by atoms with Crippen LogP contribution in [0.25, 0.3) is 0 Å². The number of hydrogen-bond donors (Lipinski definition) is 2. The summed E-state index contributed by atoms with van der Waals surface area (Å²) in [5.41, 5.74) is 0. The molecule has 0 amide bonds. The van der Waals surface area contributed by atoms with E-state index in [0.29, 0.717) is 12.3 Å². The van der Waals surface area contributed by atoms with Gasteiger partial charge in [-0.1, -0.05) is 0 Å². The third-order valence-electron chi connectivity index (χ3n) is 3.71. The average Bonchev–Trinajstić information content (AvgIpc) is 2.29. The second-order valence-corrected chi connectivity index (χ2v) is 4.58. The molecule has 3 rings (SSSR count). The number of fused-ring (bicyclic) bond motifs is 3. The van der Waals surface area contributed by atoms with Gasteiger partial charge in [-0.2, -0.15) is 0 Å². The predicted molar refractivity (Wildman–Crippen MR) is 56.0 cm³/mol. The van der Waals surface area contributed by atoms with Gasteiger partial charge in [-0.05, 0) is 25.9 Å². The number of piperazine rings is 1. The third-order valence-corrected chi connectivity index (χ3v) is 3.71. The molecule has 0 aromatic heterocycles. The Balaban J connectivity index is 1.74. The molecule has 3 heterocycles. The van der Waals surface area contributed by atoms with Crippen molar-refractivity contribution in [2.24, 2.45) is 0 Å². The molecule has 3 aliphatic rings. The van der Waals surface area contributed by atoms with Crippen LogP contribution in [0.3, 0.4) is 0 Å². The van der Waals surface area contributed by atoms with Crippen LogP contribution in [0.2, 0.25) is 0 Å². The maximum atomic E-state index is 3.64. The fourth-order valence-corrected chi connectivity index (χ4v) is 2.98. The first kappa shape index (κ1) is 9.09. The van der Waals surface area contributed by atoms with Gasteiger partial charge in [0.1, 0.15) is 0 Å². The van der Waals surface area contributed by atoms with Gasteiger partial charge in [0.25, 0.3) is 0 Å². The van der Waals surface area contributed by atoms with Crippen LogP contribution in [0.4, 0.5) is 0 Å². The Bertz CT molecular complexity index is 186. The lowest BCUT2D eigenvalue weighted by Crippen LogP contribution is -2.72. The highest BCUT2D eigenvalue weighted by Crippen LogP contribution is 2.19. The van der Waals surface area contributed by atoms with Gasteiger partial charge in [-0.25, -0.2) is 0 Å². The van der Waals surface area contributed by atoms with E-state index in [0.717, 1.165) is 0 Å². The Hall–Kier alpha value is -0.160. The Morgan fingerprint density at radius 2 is 1.21 bits per heavy atom. The number of rotatable bonds is 0. The molecule has 0 bridgehead atoms. The second-order valence-electron chi connectivity index (χ2n) is 4.58. The zero-order valence-corrected chi connectivity index (χ0v) is 8.71. The first-order chi connectivity index (χ1) is 6.95. The van der Waals surface area contributed by atoms with E-state index in [2.05, 4.69) is 20.4 Å². The van der Waals surface area contributed by atoms with Gasteiger partial charge in [0, 0.05) is 26.2 Å². The zero-order valence-electron chi connectivity index (χ0n) is 8.71. The molecule has 4 heteroatoms. The zero-order chi connectivity index (χ0) is 9.38. The van der Waals surface area contributed by atoms with Gasteiger partial charge in [0.15, 0.2) is 0 Å². The normalized spacial score (nSPS) is 40.3. The van der Waals surface area contributed by atoms with Crippen molar-refractivity contribution in [1.29, 1.82) is 0 Å². The summed E-state index contributed by atoms with van der Waals surface area (Å²) >= 11 is 0. The second kappa shape index (κ2) is 3.77. The SMILES string of the molecule is C1CN[C@@H]2[C@@H]3NCCCN3CCN2C1. The van der Waals surface area contributed by atoms with E-state index in [1.807, 2.05) is 0 Å². The van der Waals surface area contributed by atoms with Crippen molar-refractivity contribution in [1.82, 2.24) is 20.4 Å². The van der Waals surface area contributed by atoms with Crippen molar-refractivity contribution in [3.8, 4) is 0 Å². The highest BCUT2D eigenvalue weighted by atomic mass is 15.4. The average molecular weight is 196 g/mol. The van der Waals surface area contributed by atoms with Gasteiger partial charge in [-0.3, -0.25) is 20.4 Å². The fourth-order valence-electron chi connectivity index (χ4n) is 2.98.